The molecular weight excluding hydrogens is 232 g/mol. The normalized spacial score (nSPS) is 30.9. The van der Waals surface area contributed by atoms with Crippen LogP contribution in [0.2, 0.25) is 0 Å². The minimum absolute atomic E-state index is 0.0895. The van der Waals surface area contributed by atoms with E-state index in [0.29, 0.717) is 0 Å². The Labute approximate surface area is 109 Å². The van der Waals surface area contributed by atoms with Crippen LogP contribution >= 0.6 is 0 Å². The Kier molecular flexibility index (Phi) is 4.90. The van der Waals surface area contributed by atoms with E-state index >= 15 is 0 Å². The summed E-state index contributed by atoms with van der Waals surface area (Å²) in [6.45, 7) is 5.77. The lowest BCUT2D eigenvalue weighted by molar-refractivity contribution is -0.321. The van der Waals surface area contributed by atoms with Gasteiger partial charge in [0.15, 0.2) is 6.23 Å². The zero-order valence-electron chi connectivity index (χ0n) is 11.8. The molecule has 5 nitrogen and oxygen atoms in total. The standard InChI is InChI=1S/C13H24N2O3/c1-9(11(16)15(4)5)7-6-8-10(2)13(3)12(17)14-18-13/h6-7,9-10,12,14,17H,8H2,1-5H3/b7-6-/t9?,10-,12?,13-/m0/s1. The largest absolute Gasteiger partial charge is 0.373 e. The quantitative estimate of drug-likeness (QED) is 0.718. The Hall–Kier alpha value is -0.910. The average Bonchev–Trinajstić information content (AvgIpc) is 2.34. The molecule has 5 heteroatoms. The van der Waals surface area contributed by atoms with Crippen molar-refractivity contribution >= 4 is 5.91 Å². The predicted molar refractivity (Wildman–Crippen MR) is 69.4 cm³/mol. The summed E-state index contributed by atoms with van der Waals surface area (Å²) < 4.78 is 0. The minimum Gasteiger partial charge on any atom is -0.373 e. The van der Waals surface area contributed by atoms with Gasteiger partial charge in [0.2, 0.25) is 5.91 Å². The fourth-order valence-corrected chi connectivity index (χ4v) is 1.88. The smallest absolute Gasteiger partial charge is 0.228 e. The Morgan fingerprint density at radius 1 is 1.56 bits per heavy atom. The van der Waals surface area contributed by atoms with Gasteiger partial charge in [-0.15, -0.1) is 0 Å². The summed E-state index contributed by atoms with van der Waals surface area (Å²) in [7, 11) is 3.50. The molecule has 0 aliphatic carbocycles. The van der Waals surface area contributed by atoms with Crippen LogP contribution in [0.3, 0.4) is 0 Å². The van der Waals surface area contributed by atoms with E-state index in [9.17, 15) is 9.90 Å². The van der Waals surface area contributed by atoms with Crippen molar-refractivity contribution in [2.45, 2.75) is 39.0 Å². The Morgan fingerprint density at radius 3 is 2.56 bits per heavy atom. The summed E-state index contributed by atoms with van der Waals surface area (Å²) in [4.78, 5) is 18.4. The molecule has 0 saturated carbocycles. The first-order valence-electron chi connectivity index (χ1n) is 6.28. The second-order valence-electron chi connectivity index (χ2n) is 5.39. The van der Waals surface area contributed by atoms with E-state index in [1.165, 1.54) is 0 Å². The third-order valence-electron chi connectivity index (χ3n) is 3.66. The third kappa shape index (κ3) is 3.10. The van der Waals surface area contributed by atoms with Crippen molar-refractivity contribution in [3.63, 3.8) is 0 Å². The second-order valence-corrected chi connectivity index (χ2v) is 5.39. The molecule has 1 rings (SSSR count). The number of hydrogen-bond acceptors (Lipinski definition) is 4. The van der Waals surface area contributed by atoms with Gasteiger partial charge in [0, 0.05) is 14.1 Å². The molecule has 1 amide bonds. The molecule has 0 radical (unpaired) electrons. The summed E-state index contributed by atoms with van der Waals surface area (Å²) in [6, 6.07) is 0. The van der Waals surface area contributed by atoms with E-state index in [1.807, 2.05) is 32.9 Å². The second kappa shape index (κ2) is 5.82. The highest BCUT2D eigenvalue weighted by Crippen LogP contribution is 2.32. The minimum atomic E-state index is -0.623. The lowest BCUT2D eigenvalue weighted by Gasteiger charge is -2.47. The van der Waals surface area contributed by atoms with Crippen molar-refractivity contribution in [2.24, 2.45) is 11.8 Å². The zero-order chi connectivity index (χ0) is 13.9. The van der Waals surface area contributed by atoms with Crippen molar-refractivity contribution in [2.75, 3.05) is 14.1 Å². The van der Waals surface area contributed by atoms with Crippen LogP contribution in [0.15, 0.2) is 12.2 Å². The van der Waals surface area contributed by atoms with Gasteiger partial charge in [-0.1, -0.05) is 26.0 Å². The zero-order valence-corrected chi connectivity index (χ0v) is 11.8. The van der Waals surface area contributed by atoms with E-state index in [4.69, 9.17) is 4.84 Å². The lowest BCUT2D eigenvalue weighted by Crippen LogP contribution is -2.67. The van der Waals surface area contributed by atoms with Gasteiger partial charge in [0.1, 0.15) is 5.60 Å². The fourth-order valence-electron chi connectivity index (χ4n) is 1.88. The van der Waals surface area contributed by atoms with Gasteiger partial charge in [-0.25, -0.2) is 0 Å². The van der Waals surface area contributed by atoms with Gasteiger partial charge < -0.3 is 10.0 Å². The number of nitrogens with one attached hydrogen (secondary N) is 1. The van der Waals surface area contributed by atoms with Crippen LogP contribution in [0.1, 0.15) is 27.2 Å². The lowest BCUT2D eigenvalue weighted by atomic mass is 9.84. The molecule has 0 aromatic heterocycles. The number of carbonyl (C=O) groups is 1. The molecule has 0 aromatic carbocycles. The molecule has 1 fully saturated rings. The number of rotatable bonds is 5. The highest BCUT2D eigenvalue weighted by atomic mass is 16.7. The van der Waals surface area contributed by atoms with Crippen LogP contribution in [0.25, 0.3) is 0 Å². The summed E-state index contributed by atoms with van der Waals surface area (Å²) in [5.74, 6) is 0.142. The summed E-state index contributed by atoms with van der Waals surface area (Å²) in [5, 5.41) is 9.59. The van der Waals surface area contributed by atoms with Crippen molar-refractivity contribution in [3.05, 3.63) is 12.2 Å². The van der Waals surface area contributed by atoms with Crippen LogP contribution < -0.4 is 5.48 Å². The molecule has 1 aliphatic rings. The maximum atomic E-state index is 11.6. The maximum Gasteiger partial charge on any atom is 0.228 e. The molecule has 1 heterocycles. The van der Waals surface area contributed by atoms with E-state index in [0.717, 1.165) is 6.42 Å². The van der Waals surface area contributed by atoms with E-state index < -0.39 is 11.8 Å². The van der Waals surface area contributed by atoms with Crippen molar-refractivity contribution in [1.29, 1.82) is 0 Å². The Morgan fingerprint density at radius 2 is 2.17 bits per heavy atom. The number of hydroxylamine groups is 1. The van der Waals surface area contributed by atoms with Crippen LogP contribution in [-0.2, 0) is 9.63 Å². The van der Waals surface area contributed by atoms with E-state index in [-0.39, 0.29) is 17.7 Å². The van der Waals surface area contributed by atoms with Crippen LogP contribution in [-0.4, -0.2) is 41.8 Å². The Balaban J connectivity index is 2.43. The van der Waals surface area contributed by atoms with E-state index in [1.54, 1.807) is 19.0 Å². The van der Waals surface area contributed by atoms with E-state index in [2.05, 4.69) is 5.48 Å². The molecular formula is C13H24N2O3. The highest BCUT2D eigenvalue weighted by Gasteiger charge is 2.47. The van der Waals surface area contributed by atoms with Crippen molar-refractivity contribution < 1.29 is 14.7 Å². The average molecular weight is 256 g/mol. The molecule has 0 aromatic rings. The predicted octanol–water partition coefficient (Wildman–Crippen LogP) is 0.905. The molecule has 1 saturated heterocycles. The summed E-state index contributed by atoms with van der Waals surface area (Å²) >= 11 is 0. The Bertz CT molecular complexity index is 330. The molecule has 0 spiro atoms. The summed E-state index contributed by atoms with van der Waals surface area (Å²) in [6.07, 6.45) is 4.03. The third-order valence-corrected chi connectivity index (χ3v) is 3.66. The first-order valence-corrected chi connectivity index (χ1v) is 6.28. The molecule has 4 atom stereocenters. The number of carbonyl (C=O) groups excluding carboxylic acids is 1. The number of hydrogen-bond donors (Lipinski definition) is 2. The first kappa shape index (κ1) is 15.1. The van der Waals surface area contributed by atoms with Crippen LogP contribution in [0, 0.1) is 11.8 Å². The van der Waals surface area contributed by atoms with Gasteiger partial charge in [0.25, 0.3) is 0 Å². The summed E-state index contributed by atoms with van der Waals surface area (Å²) in [5.41, 5.74) is 1.94. The van der Waals surface area contributed by atoms with Gasteiger partial charge in [-0.05, 0) is 19.3 Å². The number of aliphatic hydroxyl groups excluding tert-OH is 1. The SMILES string of the molecule is CC(/C=C\C[C@H](C)[C@]1(C)ONC1O)C(=O)N(C)C. The van der Waals surface area contributed by atoms with Crippen molar-refractivity contribution in [3.8, 4) is 0 Å². The highest BCUT2D eigenvalue weighted by molar-refractivity contribution is 5.79. The molecule has 0 bridgehead atoms. The molecule has 2 unspecified atom stereocenters. The molecule has 104 valence electrons. The van der Waals surface area contributed by atoms with Gasteiger partial charge >= 0.3 is 0 Å². The maximum absolute atomic E-state index is 11.6. The number of allylic oxidation sites excluding steroid dienone is 1. The van der Waals surface area contributed by atoms with Crippen molar-refractivity contribution in [1.82, 2.24) is 10.4 Å². The molecule has 2 N–H and O–H groups in total. The molecule has 18 heavy (non-hydrogen) atoms. The van der Waals surface area contributed by atoms with Crippen LogP contribution in [0.4, 0.5) is 0 Å². The number of amides is 1. The van der Waals surface area contributed by atoms with Gasteiger partial charge in [-0.2, -0.15) is 5.48 Å². The number of aliphatic hydroxyl groups is 1. The fraction of sp³-hybridized carbons (Fsp3) is 0.769. The monoisotopic (exact) mass is 256 g/mol. The number of nitrogens with zero attached hydrogens (tertiary/aromatic N) is 1. The van der Waals surface area contributed by atoms with Gasteiger partial charge in [0.05, 0.1) is 5.92 Å². The van der Waals surface area contributed by atoms with Gasteiger partial charge in [-0.3, -0.25) is 9.63 Å². The topological polar surface area (TPSA) is 61.8 Å². The first-order chi connectivity index (χ1) is 8.29. The molecule has 1 aliphatic heterocycles. The van der Waals surface area contributed by atoms with Crippen LogP contribution in [0.5, 0.6) is 0 Å².